The van der Waals surface area contributed by atoms with Crippen LogP contribution < -0.4 is 9.84 Å². The van der Waals surface area contributed by atoms with E-state index in [9.17, 15) is 9.90 Å². The lowest BCUT2D eigenvalue weighted by Crippen LogP contribution is -2.38. The summed E-state index contributed by atoms with van der Waals surface area (Å²) in [6, 6.07) is 4.50. The molecule has 13 heavy (non-hydrogen) atoms. The number of hydrogen-bond donors (Lipinski definition) is 1. The number of aromatic hydroxyl groups is 1. The Hall–Kier alpha value is -1.71. The molecule has 4 nitrogen and oxygen atoms in total. The first-order chi connectivity index (χ1) is 6.16. The topological polar surface area (TPSA) is 69.6 Å². The Kier molecular flexibility index (Phi) is 1.62. The summed E-state index contributed by atoms with van der Waals surface area (Å²) in [4.78, 5) is 10.5. The summed E-state index contributed by atoms with van der Waals surface area (Å²) in [5.41, 5.74) is 0.703. The molecule has 1 aliphatic rings. The Labute approximate surface area is 74.4 Å². The summed E-state index contributed by atoms with van der Waals surface area (Å²) in [6.07, 6.45) is -0.664. The van der Waals surface area contributed by atoms with Gasteiger partial charge in [-0.3, -0.25) is 0 Å². The number of rotatable bonds is 1. The van der Waals surface area contributed by atoms with Gasteiger partial charge in [0.25, 0.3) is 0 Å². The number of carbonyl (C=O) groups excluding carboxylic acids is 1. The molecule has 0 amide bonds. The molecule has 1 aromatic rings. The van der Waals surface area contributed by atoms with Crippen molar-refractivity contribution in [1.82, 2.24) is 0 Å². The number of phenols is 1. The first-order valence-corrected chi connectivity index (χ1v) is 3.86. The van der Waals surface area contributed by atoms with Gasteiger partial charge in [-0.05, 0) is 18.2 Å². The SMILES string of the molecule is O=C([O-])C1Cc2cc(O)ccc2O1. The number of ether oxygens (including phenoxy) is 1. The minimum atomic E-state index is -1.23. The molecule has 1 heterocycles. The zero-order valence-corrected chi connectivity index (χ0v) is 6.69. The lowest BCUT2D eigenvalue weighted by molar-refractivity contribution is -0.312. The van der Waals surface area contributed by atoms with E-state index in [2.05, 4.69) is 0 Å². The van der Waals surface area contributed by atoms with Gasteiger partial charge >= 0.3 is 0 Å². The van der Waals surface area contributed by atoms with Gasteiger partial charge in [-0.15, -0.1) is 0 Å². The normalized spacial score (nSPS) is 19.2. The number of carboxylic acid groups (broad SMARTS) is 1. The Balaban J connectivity index is 2.30. The summed E-state index contributed by atoms with van der Waals surface area (Å²) in [7, 11) is 0. The highest BCUT2D eigenvalue weighted by Crippen LogP contribution is 2.31. The molecular formula is C9H7O4-. The fourth-order valence-electron chi connectivity index (χ4n) is 1.37. The third-order valence-corrected chi connectivity index (χ3v) is 1.98. The monoisotopic (exact) mass is 179 g/mol. The molecule has 0 aromatic heterocycles. The Morgan fingerprint density at radius 3 is 3.08 bits per heavy atom. The molecule has 68 valence electrons. The predicted octanol–water partition coefficient (Wildman–Crippen LogP) is -0.554. The van der Waals surface area contributed by atoms with Crippen LogP contribution in [0.2, 0.25) is 0 Å². The van der Waals surface area contributed by atoms with Gasteiger partial charge in [-0.2, -0.15) is 0 Å². The molecule has 1 aliphatic heterocycles. The van der Waals surface area contributed by atoms with Gasteiger partial charge in [-0.1, -0.05) is 0 Å². The van der Waals surface area contributed by atoms with E-state index in [1.807, 2.05) is 0 Å². The van der Waals surface area contributed by atoms with Crippen molar-refractivity contribution in [3.63, 3.8) is 0 Å². The smallest absolute Gasteiger partial charge is 0.142 e. The largest absolute Gasteiger partial charge is 0.546 e. The summed E-state index contributed by atoms with van der Waals surface area (Å²) in [5, 5.41) is 19.6. The van der Waals surface area contributed by atoms with Gasteiger partial charge < -0.3 is 19.7 Å². The molecule has 2 rings (SSSR count). The van der Waals surface area contributed by atoms with Gasteiger partial charge in [0.1, 0.15) is 17.6 Å². The summed E-state index contributed by atoms with van der Waals surface area (Å²) >= 11 is 0. The fraction of sp³-hybridized carbons (Fsp3) is 0.222. The van der Waals surface area contributed by atoms with Crippen molar-refractivity contribution in [3.05, 3.63) is 23.8 Å². The van der Waals surface area contributed by atoms with E-state index in [1.54, 1.807) is 6.07 Å². The second-order valence-corrected chi connectivity index (χ2v) is 2.92. The van der Waals surface area contributed by atoms with Gasteiger partial charge in [0.2, 0.25) is 0 Å². The van der Waals surface area contributed by atoms with E-state index in [-0.39, 0.29) is 12.2 Å². The van der Waals surface area contributed by atoms with Crippen LogP contribution in [0.25, 0.3) is 0 Å². The highest BCUT2D eigenvalue weighted by molar-refractivity contribution is 5.72. The molecule has 0 spiro atoms. The van der Waals surface area contributed by atoms with E-state index >= 15 is 0 Å². The number of carboxylic acids is 1. The minimum Gasteiger partial charge on any atom is -0.546 e. The Morgan fingerprint density at radius 1 is 1.62 bits per heavy atom. The highest BCUT2D eigenvalue weighted by atomic mass is 16.5. The molecule has 0 fully saturated rings. The van der Waals surface area contributed by atoms with Gasteiger partial charge in [-0.25, -0.2) is 0 Å². The zero-order chi connectivity index (χ0) is 9.42. The predicted molar refractivity (Wildman–Crippen MR) is 41.2 cm³/mol. The number of fused-ring (bicyclic) bond motifs is 1. The third-order valence-electron chi connectivity index (χ3n) is 1.98. The summed E-state index contributed by atoms with van der Waals surface area (Å²) < 4.78 is 5.05. The fourth-order valence-corrected chi connectivity index (χ4v) is 1.37. The molecule has 1 N–H and O–H groups in total. The van der Waals surface area contributed by atoms with Gasteiger partial charge in [0.05, 0.1) is 5.97 Å². The van der Waals surface area contributed by atoms with Crippen LogP contribution in [0, 0.1) is 0 Å². The molecular weight excluding hydrogens is 172 g/mol. The molecule has 1 atom stereocenters. The average Bonchev–Trinajstić information content (AvgIpc) is 2.46. The molecule has 0 aliphatic carbocycles. The van der Waals surface area contributed by atoms with Crippen molar-refractivity contribution >= 4 is 5.97 Å². The zero-order valence-electron chi connectivity index (χ0n) is 6.69. The van der Waals surface area contributed by atoms with Gasteiger partial charge in [0.15, 0.2) is 0 Å². The molecule has 0 radical (unpaired) electrons. The molecule has 1 aromatic carbocycles. The van der Waals surface area contributed by atoms with Crippen molar-refractivity contribution in [2.45, 2.75) is 12.5 Å². The van der Waals surface area contributed by atoms with Crippen molar-refractivity contribution in [2.75, 3.05) is 0 Å². The third kappa shape index (κ3) is 1.30. The van der Waals surface area contributed by atoms with Crippen molar-refractivity contribution < 1.29 is 19.7 Å². The number of phenolic OH excluding ortho intramolecular Hbond substituents is 1. The molecule has 1 unspecified atom stereocenters. The first-order valence-electron chi connectivity index (χ1n) is 3.86. The van der Waals surface area contributed by atoms with Crippen LogP contribution in [0.4, 0.5) is 0 Å². The standard InChI is InChI=1S/C9H8O4/c10-6-1-2-7-5(3-6)4-8(13-7)9(11)12/h1-3,8,10H,4H2,(H,11,12)/p-1. The molecule has 0 bridgehead atoms. The quantitative estimate of drug-likeness (QED) is 0.627. The molecule has 0 saturated heterocycles. The maximum absolute atomic E-state index is 10.5. The maximum Gasteiger partial charge on any atom is 0.142 e. The van der Waals surface area contributed by atoms with Crippen LogP contribution in [0.3, 0.4) is 0 Å². The van der Waals surface area contributed by atoms with Crippen molar-refractivity contribution in [2.24, 2.45) is 0 Å². The lowest BCUT2D eigenvalue weighted by atomic mass is 10.1. The second kappa shape index (κ2) is 2.65. The number of aliphatic carboxylic acids is 1. The van der Waals surface area contributed by atoms with Crippen LogP contribution in [-0.4, -0.2) is 17.2 Å². The second-order valence-electron chi connectivity index (χ2n) is 2.92. The Morgan fingerprint density at radius 2 is 2.38 bits per heavy atom. The van der Waals surface area contributed by atoms with Crippen LogP contribution in [0.15, 0.2) is 18.2 Å². The number of hydrogen-bond acceptors (Lipinski definition) is 4. The number of benzene rings is 1. The average molecular weight is 179 g/mol. The summed E-state index contributed by atoms with van der Waals surface area (Å²) in [6.45, 7) is 0. The Bertz CT molecular complexity index is 359. The summed E-state index contributed by atoms with van der Waals surface area (Å²) in [5.74, 6) is -0.607. The molecule has 4 heteroatoms. The van der Waals surface area contributed by atoms with Crippen LogP contribution in [-0.2, 0) is 11.2 Å². The van der Waals surface area contributed by atoms with E-state index < -0.39 is 12.1 Å². The van der Waals surface area contributed by atoms with E-state index in [4.69, 9.17) is 9.84 Å². The van der Waals surface area contributed by atoms with Gasteiger partial charge in [0, 0.05) is 12.0 Å². The van der Waals surface area contributed by atoms with Crippen molar-refractivity contribution in [1.29, 1.82) is 0 Å². The van der Waals surface area contributed by atoms with E-state index in [0.29, 0.717) is 11.3 Å². The lowest BCUT2D eigenvalue weighted by Gasteiger charge is -2.10. The maximum atomic E-state index is 10.5. The van der Waals surface area contributed by atoms with E-state index in [1.165, 1.54) is 12.1 Å². The van der Waals surface area contributed by atoms with Crippen LogP contribution >= 0.6 is 0 Å². The number of carbonyl (C=O) groups is 1. The van der Waals surface area contributed by atoms with Crippen LogP contribution in [0.1, 0.15) is 5.56 Å². The van der Waals surface area contributed by atoms with Crippen molar-refractivity contribution in [3.8, 4) is 11.5 Å². The first kappa shape index (κ1) is 7.91. The van der Waals surface area contributed by atoms with Crippen LogP contribution in [0.5, 0.6) is 11.5 Å². The minimum absolute atomic E-state index is 0.112. The molecule has 0 saturated carbocycles. The highest BCUT2D eigenvalue weighted by Gasteiger charge is 2.23. The van der Waals surface area contributed by atoms with E-state index in [0.717, 1.165) is 0 Å².